The van der Waals surface area contributed by atoms with E-state index in [1.54, 1.807) is 0 Å². The summed E-state index contributed by atoms with van der Waals surface area (Å²) in [6, 6.07) is 0. The van der Waals surface area contributed by atoms with Crippen LogP contribution in [0, 0.1) is 52.3 Å². The largest absolute Gasteiger partial charge is 0.458 e. The van der Waals surface area contributed by atoms with Crippen LogP contribution in [-0.4, -0.2) is 43.7 Å². The van der Waals surface area contributed by atoms with Crippen LogP contribution in [0.2, 0.25) is 0 Å². The molecule has 9 atom stereocenters. The first kappa shape index (κ1) is 34.3. The summed E-state index contributed by atoms with van der Waals surface area (Å²) in [5.41, 5.74) is 1.04. The number of likely N-dealkylation sites (N-methyl/N-ethyl adjacent to an activating group) is 1. The zero-order valence-electron chi connectivity index (χ0n) is 29.5. The molecule has 0 aromatic rings. The molecule has 0 radical (unpaired) electrons. The monoisotopic (exact) mass is 587 g/mol. The molecule has 0 aromatic heterocycles. The number of carbonyl (C=O) groups excluding carboxylic acids is 1. The Bertz CT molecular complexity index is 851. The van der Waals surface area contributed by atoms with Crippen LogP contribution in [-0.2, 0) is 9.53 Å². The third-order valence-corrected chi connectivity index (χ3v) is 13.8. The molecule has 0 saturated heterocycles. The minimum atomic E-state index is 0.0428. The molecule has 244 valence electrons. The second-order valence-corrected chi connectivity index (χ2v) is 17.7. The predicted molar refractivity (Wildman–Crippen MR) is 178 cm³/mol. The van der Waals surface area contributed by atoms with Crippen molar-refractivity contribution in [2.24, 2.45) is 52.3 Å². The summed E-state index contributed by atoms with van der Waals surface area (Å²) >= 11 is 0. The first-order valence-electron chi connectivity index (χ1n) is 18.9. The lowest BCUT2D eigenvalue weighted by Gasteiger charge is -2.61. The second kappa shape index (κ2) is 14.7. The maximum absolute atomic E-state index is 13.1. The number of hydrogen-bond donors (Lipinski definition) is 0. The van der Waals surface area contributed by atoms with Gasteiger partial charge in [-0.1, -0.05) is 86.5 Å². The van der Waals surface area contributed by atoms with E-state index in [0.29, 0.717) is 17.4 Å². The fourth-order valence-electron chi connectivity index (χ4n) is 11.3. The molecular weight excluding hydrogens is 514 g/mol. The van der Waals surface area contributed by atoms with Gasteiger partial charge in [0.15, 0.2) is 6.54 Å². The molecule has 3 heteroatoms. The Labute approximate surface area is 262 Å². The molecule has 0 bridgehead atoms. The van der Waals surface area contributed by atoms with E-state index >= 15 is 0 Å². The SMILES string of the molecule is CCCCCCCC[N+](C)(C)CC(=O)O[C@H]1CC[C@@]2(C)[C@@H](CC[C@@H]3[C@@H]2CC[C@]2(C)[C@@H]([C@H](C)CCCC(C)C)CC[C@@H]32)C1. The molecule has 0 heterocycles. The predicted octanol–water partition coefficient (Wildman–Crippen LogP) is 10.5. The highest BCUT2D eigenvalue weighted by Gasteiger charge is 2.60. The van der Waals surface area contributed by atoms with Crippen LogP contribution in [0.5, 0.6) is 0 Å². The molecule has 0 spiro atoms. The molecule has 4 fully saturated rings. The summed E-state index contributed by atoms with van der Waals surface area (Å²) in [6.45, 7) is 16.6. The fraction of sp³-hybridized carbons (Fsp3) is 0.974. The van der Waals surface area contributed by atoms with E-state index < -0.39 is 0 Å². The summed E-state index contributed by atoms with van der Waals surface area (Å²) in [4.78, 5) is 13.1. The van der Waals surface area contributed by atoms with E-state index in [-0.39, 0.29) is 12.1 Å². The lowest BCUT2D eigenvalue weighted by molar-refractivity contribution is -0.883. The molecule has 0 unspecified atom stereocenters. The Kier molecular flexibility index (Phi) is 12.0. The van der Waals surface area contributed by atoms with Gasteiger partial charge in [0.05, 0.1) is 20.6 Å². The van der Waals surface area contributed by atoms with Gasteiger partial charge in [-0.05, 0) is 123 Å². The summed E-state index contributed by atoms with van der Waals surface area (Å²) in [6.07, 6.45) is 24.4. The molecule has 0 amide bonds. The molecule has 0 aliphatic heterocycles. The van der Waals surface area contributed by atoms with E-state index in [1.165, 1.54) is 103 Å². The number of fused-ring (bicyclic) bond motifs is 5. The summed E-state index contributed by atoms with van der Waals surface area (Å²) in [7, 11) is 4.42. The minimum absolute atomic E-state index is 0.0428. The van der Waals surface area contributed by atoms with Crippen molar-refractivity contribution in [2.75, 3.05) is 27.2 Å². The summed E-state index contributed by atoms with van der Waals surface area (Å²) in [5.74, 6) is 6.25. The third kappa shape index (κ3) is 7.98. The van der Waals surface area contributed by atoms with Crippen molar-refractivity contribution in [3.63, 3.8) is 0 Å². The Balaban J connectivity index is 1.27. The number of ether oxygens (including phenoxy) is 1. The van der Waals surface area contributed by atoms with Crippen molar-refractivity contribution < 1.29 is 14.0 Å². The number of unbranched alkanes of at least 4 members (excludes halogenated alkanes) is 5. The van der Waals surface area contributed by atoms with Crippen LogP contribution in [0.15, 0.2) is 0 Å². The molecule has 0 N–H and O–H groups in total. The molecule has 4 aliphatic carbocycles. The van der Waals surface area contributed by atoms with Gasteiger partial charge in [-0.15, -0.1) is 0 Å². The average Bonchev–Trinajstić information content (AvgIpc) is 3.27. The van der Waals surface area contributed by atoms with Gasteiger partial charge < -0.3 is 9.22 Å². The van der Waals surface area contributed by atoms with E-state index in [4.69, 9.17) is 4.74 Å². The fourth-order valence-corrected chi connectivity index (χ4v) is 11.3. The molecule has 4 rings (SSSR count). The first-order chi connectivity index (χ1) is 19.9. The van der Waals surface area contributed by atoms with Gasteiger partial charge in [0.1, 0.15) is 6.10 Å². The van der Waals surface area contributed by atoms with Gasteiger partial charge >= 0.3 is 5.97 Å². The molecule has 4 aliphatic rings. The van der Waals surface area contributed by atoms with Gasteiger partial charge in [-0.3, -0.25) is 0 Å². The van der Waals surface area contributed by atoms with Gasteiger partial charge in [0, 0.05) is 0 Å². The van der Waals surface area contributed by atoms with Gasteiger partial charge in [-0.25, -0.2) is 4.79 Å². The van der Waals surface area contributed by atoms with Crippen molar-refractivity contribution in [2.45, 2.75) is 163 Å². The molecular formula is C39H72NO2+. The van der Waals surface area contributed by atoms with E-state index in [1.807, 2.05) is 0 Å². The normalized spacial score (nSPS) is 37.2. The van der Waals surface area contributed by atoms with Crippen LogP contribution in [0.4, 0.5) is 0 Å². The number of carbonyl (C=O) groups is 1. The lowest BCUT2D eigenvalue weighted by atomic mass is 9.44. The Morgan fingerprint density at radius 1 is 0.810 bits per heavy atom. The maximum atomic E-state index is 13.1. The Hall–Kier alpha value is -0.570. The van der Waals surface area contributed by atoms with Crippen LogP contribution in [0.25, 0.3) is 0 Å². The Morgan fingerprint density at radius 3 is 2.24 bits per heavy atom. The van der Waals surface area contributed by atoms with E-state index in [2.05, 4.69) is 55.6 Å². The van der Waals surface area contributed by atoms with Gasteiger partial charge in [-0.2, -0.15) is 0 Å². The highest BCUT2D eigenvalue weighted by molar-refractivity contribution is 5.70. The zero-order valence-corrected chi connectivity index (χ0v) is 29.5. The quantitative estimate of drug-likeness (QED) is 0.108. The zero-order chi connectivity index (χ0) is 30.5. The van der Waals surface area contributed by atoms with Gasteiger partial charge in [0.2, 0.25) is 0 Å². The highest BCUT2D eigenvalue weighted by Crippen LogP contribution is 2.68. The number of rotatable bonds is 15. The topological polar surface area (TPSA) is 26.3 Å². The molecule has 3 nitrogen and oxygen atoms in total. The average molecular weight is 587 g/mol. The minimum Gasteiger partial charge on any atom is -0.458 e. The van der Waals surface area contributed by atoms with Crippen molar-refractivity contribution in [3.8, 4) is 0 Å². The summed E-state index contributed by atoms with van der Waals surface area (Å²) in [5, 5.41) is 0. The van der Waals surface area contributed by atoms with E-state index in [0.717, 1.165) is 65.3 Å². The van der Waals surface area contributed by atoms with Crippen LogP contribution in [0.1, 0.15) is 157 Å². The van der Waals surface area contributed by atoms with Crippen molar-refractivity contribution in [3.05, 3.63) is 0 Å². The molecule has 42 heavy (non-hydrogen) atoms. The van der Waals surface area contributed by atoms with Crippen molar-refractivity contribution in [1.82, 2.24) is 0 Å². The van der Waals surface area contributed by atoms with Crippen LogP contribution >= 0.6 is 0 Å². The van der Waals surface area contributed by atoms with Crippen LogP contribution in [0.3, 0.4) is 0 Å². The number of quaternary nitrogens is 1. The van der Waals surface area contributed by atoms with E-state index in [9.17, 15) is 4.79 Å². The standard InChI is InChI=1S/C39H72NO2/c1-9-10-11-12-13-14-26-40(7,8)28-37(41)42-32-22-24-38(5)31(27-32)18-19-33-35-21-20-34(30(4)17-15-16-29(2)3)39(35,6)25-23-36(33)38/h29-36H,9-28H2,1-8H3/q+1/t30-,31+,32+,33+,34-,35+,36+,38+,39-/m1/s1. The molecule has 4 saturated carbocycles. The summed E-state index contributed by atoms with van der Waals surface area (Å²) < 4.78 is 7.00. The van der Waals surface area contributed by atoms with Crippen molar-refractivity contribution in [1.29, 1.82) is 0 Å². The lowest BCUT2D eigenvalue weighted by Crippen LogP contribution is -2.54. The smallest absolute Gasteiger partial charge is 0.362 e. The van der Waals surface area contributed by atoms with Crippen molar-refractivity contribution >= 4 is 5.97 Å². The Morgan fingerprint density at radius 2 is 1.50 bits per heavy atom. The highest BCUT2D eigenvalue weighted by atomic mass is 16.5. The molecule has 0 aromatic carbocycles. The first-order valence-corrected chi connectivity index (χ1v) is 18.9. The number of nitrogens with zero attached hydrogens (tertiary/aromatic N) is 1. The second-order valence-electron chi connectivity index (χ2n) is 17.7. The van der Waals surface area contributed by atoms with Crippen LogP contribution < -0.4 is 0 Å². The third-order valence-electron chi connectivity index (χ3n) is 13.8. The number of esters is 1. The van der Waals surface area contributed by atoms with Gasteiger partial charge in [0.25, 0.3) is 0 Å². The number of hydrogen-bond acceptors (Lipinski definition) is 2. The maximum Gasteiger partial charge on any atom is 0.362 e.